The lowest BCUT2D eigenvalue weighted by molar-refractivity contribution is 0.374. The summed E-state index contributed by atoms with van der Waals surface area (Å²) in [5.74, 6) is 1.96. The average molecular weight is 472 g/mol. The number of rotatable bonds is 5. The third-order valence-electron chi connectivity index (χ3n) is 4.72. The lowest BCUT2D eigenvalue weighted by Gasteiger charge is -2.29. The van der Waals surface area contributed by atoms with E-state index in [0.717, 1.165) is 45.9 Å². The van der Waals surface area contributed by atoms with Crippen molar-refractivity contribution in [1.29, 1.82) is 0 Å². The summed E-state index contributed by atoms with van der Waals surface area (Å²) >= 11 is 8.49. The van der Waals surface area contributed by atoms with Crippen LogP contribution in [0.2, 0.25) is 5.02 Å². The smallest absolute Gasteiger partial charge is 0.135 e. The highest BCUT2D eigenvalue weighted by atomic mass is 127. The highest BCUT2D eigenvalue weighted by molar-refractivity contribution is 14.1. The van der Waals surface area contributed by atoms with E-state index in [9.17, 15) is 0 Å². The molecule has 0 aliphatic heterocycles. The van der Waals surface area contributed by atoms with Crippen LogP contribution in [-0.2, 0) is 19.4 Å². The van der Waals surface area contributed by atoms with E-state index in [1.165, 1.54) is 22.3 Å². The fourth-order valence-corrected chi connectivity index (χ4v) is 4.75. The Morgan fingerprint density at radius 3 is 2.64 bits per heavy atom. The lowest BCUT2D eigenvalue weighted by atomic mass is 9.86. The van der Waals surface area contributed by atoms with E-state index in [1.54, 1.807) is 14.2 Å². The molecule has 3 rings (SSSR count). The molecule has 0 bridgehead atoms. The van der Waals surface area contributed by atoms with Crippen molar-refractivity contribution in [3.8, 4) is 11.5 Å². The molecule has 134 valence electrons. The lowest BCUT2D eigenvalue weighted by Crippen LogP contribution is -2.34. The topological polar surface area (TPSA) is 30.5 Å². The van der Waals surface area contributed by atoms with Crippen molar-refractivity contribution in [2.75, 3.05) is 14.2 Å². The Morgan fingerprint density at radius 2 is 1.96 bits per heavy atom. The van der Waals surface area contributed by atoms with Gasteiger partial charge in [0.05, 0.1) is 17.8 Å². The van der Waals surface area contributed by atoms with Crippen LogP contribution in [0, 0.1) is 10.5 Å². The zero-order chi connectivity index (χ0) is 18.0. The predicted octanol–water partition coefficient (Wildman–Crippen LogP) is 4.92. The zero-order valence-electron chi connectivity index (χ0n) is 14.8. The largest absolute Gasteiger partial charge is 0.496 e. The summed E-state index contributed by atoms with van der Waals surface area (Å²) in [7, 11) is 3.49. The van der Waals surface area contributed by atoms with Gasteiger partial charge in [0.2, 0.25) is 0 Å². The highest BCUT2D eigenvalue weighted by Crippen LogP contribution is 2.39. The normalized spacial score (nSPS) is 16.4. The average Bonchev–Trinajstić information content (AvgIpc) is 2.58. The number of hydrogen-bond donors (Lipinski definition) is 1. The molecule has 1 atom stereocenters. The second kappa shape index (κ2) is 8.14. The van der Waals surface area contributed by atoms with Gasteiger partial charge in [-0.25, -0.2) is 0 Å². The quantitative estimate of drug-likeness (QED) is 0.628. The summed E-state index contributed by atoms with van der Waals surface area (Å²) in [5.41, 5.74) is 4.98. The molecule has 0 saturated carbocycles. The first-order valence-electron chi connectivity index (χ1n) is 8.43. The van der Waals surface area contributed by atoms with Crippen LogP contribution >= 0.6 is 34.2 Å². The fraction of sp³-hybridized carbons (Fsp3) is 0.400. The maximum absolute atomic E-state index is 6.17. The van der Waals surface area contributed by atoms with Gasteiger partial charge in [-0.2, -0.15) is 0 Å². The van der Waals surface area contributed by atoms with Crippen molar-refractivity contribution in [1.82, 2.24) is 5.32 Å². The first-order chi connectivity index (χ1) is 12.0. The molecule has 0 aromatic heterocycles. The van der Waals surface area contributed by atoms with E-state index in [-0.39, 0.29) is 0 Å². The van der Waals surface area contributed by atoms with Crippen molar-refractivity contribution in [2.24, 2.45) is 0 Å². The van der Waals surface area contributed by atoms with Crippen molar-refractivity contribution >= 4 is 34.2 Å². The van der Waals surface area contributed by atoms with Gasteiger partial charge >= 0.3 is 0 Å². The Hall–Kier alpha value is -0.980. The third kappa shape index (κ3) is 4.23. The van der Waals surface area contributed by atoms with E-state index < -0.39 is 0 Å². The van der Waals surface area contributed by atoms with Crippen LogP contribution in [0.4, 0.5) is 0 Å². The summed E-state index contributed by atoms with van der Waals surface area (Å²) in [6.07, 6.45) is 3.04. The number of methoxy groups -OCH3 is 2. The number of ether oxygens (including phenoxy) is 2. The fourth-order valence-electron chi connectivity index (χ4n) is 3.61. The van der Waals surface area contributed by atoms with E-state index in [4.69, 9.17) is 21.1 Å². The van der Waals surface area contributed by atoms with E-state index in [1.807, 2.05) is 12.1 Å². The molecular formula is C20H23ClINO2. The van der Waals surface area contributed by atoms with E-state index in [2.05, 4.69) is 47.0 Å². The molecule has 3 nitrogen and oxygen atoms in total. The van der Waals surface area contributed by atoms with Gasteiger partial charge in [0, 0.05) is 28.7 Å². The van der Waals surface area contributed by atoms with Gasteiger partial charge in [0.15, 0.2) is 0 Å². The number of fused-ring (bicyclic) bond motifs is 1. The molecule has 1 aliphatic carbocycles. The van der Waals surface area contributed by atoms with Gasteiger partial charge in [-0.3, -0.25) is 0 Å². The first-order valence-corrected chi connectivity index (χ1v) is 9.89. The van der Waals surface area contributed by atoms with Crippen LogP contribution in [0.15, 0.2) is 24.3 Å². The molecule has 2 aromatic rings. The second-order valence-corrected chi connectivity index (χ2v) is 8.11. The molecule has 0 fully saturated rings. The molecule has 0 saturated heterocycles. The van der Waals surface area contributed by atoms with Crippen LogP contribution in [0.3, 0.4) is 0 Å². The Labute approximate surface area is 168 Å². The van der Waals surface area contributed by atoms with Gasteiger partial charge in [-0.05, 0) is 78.1 Å². The number of nitrogens with one attached hydrogen (secondary N) is 1. The summed E-state index contributed by atoms with van der Waals surface area (Å²) < 4.78 is 12.4. The molecule has 0 heterocycles. The molecule has 25 heavy (non-hydrogen) atoms. The summed E-state index contributed by atoms with van der Waals surface area (Å²) in [6, 6.07) is 8.69. The molecule has 1 N–H and O–H groups in total. The van der Waals surface area contributed by atoms with Crippen molar-refractivity contribution in [2.45, 2.75) is 38.8 Å². The zero-order valence-corrected chi connectivity index (χ0v) is 17.7. The van der Waals surface area contributed by atoms with Gasteiger partial charge < -0.3 is 14.8 Å². The molecular weight excluding hydrogens is 449 g/mol. The van der Waals surface area contributed by atoms with Gasteiger partial charge in [0.25, 0.3) is 0 Å². The molecule has 2 aromatic carbocycles. The molecule has 0 spiro atoms. The van der Waals surface area contributed by atoms with Crippen LogP contribution in [0.5, 0.6) is 11.5 Å². The Balaban J connectivity index is 1.76. The molecule has 0 amide bonds. The molecule has 1 unspecified atom stereocenters. The number of hydrogen-bond acceptors (Lipinski definition) is 3. The molecule has 5 heteroatoms. The van der Waals surface area contributed by atoms with E-state index in [0.29, 0.717) is 6.04 Å². The first kappa shape index (κ1) is 18.8. The maximum Gasteiger partial charge on any atom is 0.135 e. The summed E-state index contributed by atoms with van der Waals surface area (Å²) in [5, 5.41) is 4.48. The minimum absolute atomic E-state index is 0.422. The minimum Gasteiger partial charge on any atom is -0.496 e. The van der Waals surface area contributed by atoms with Crippen LogP contribution < -0.4 is 14.8 Å². The monoisotopic (exact) mass is 471 g/mol. The Kier molecular flexibility index (Phi) is 6.12. The summed E-state index contributed by atoms with van der Waals surface area (Å²) in [4.78, 5) is 0. The maximum atomic E-state index is 6.17. The van der Waals surface area contributed by atoms with Gasteiger partial charge in [-0.1, -0.05) is 17.7 Å². The van der Waals surface area contributed by atoms with Crippen LogP contribution in [0.25, 0.3) is 0 Å². The van der Waals surface area contributed by atoms with Gasteiger partial charge in [-0.15, -0.1) is 0 Å². The second-order valence-electron chi connectivity index (χ2n) is 6.51. The van der Waals surface area contributed by atoms with E-state index >= 15 is 0 Å². The number of benzene rings is 2. The number of aryl methyl sites for hydroxylation is 1. The molecule has 0 radical (unpaired) electrons. The van der Waals surface area contributed by atoms with Crippen molar-refractivity contribution in [3.05, 3.63) is 55.1 Å². The standard InChI is InChI=1S/C20H23ClINO2/c1-12-6-13(8-14(21)7-12)11-23-15-4-5-16-17(9-15)19(24-2)10-18(22)20(16)25-3/h6-8,10,15,23H,4-5,9,11H2,1-3H3. The third-order valence-corrected chi connectivity index (χ3v) is 5.74. The van der Waals surface area contributed by atoms with Gasteiger partial charge in [0.1, 0.15) is 11.5 Å². The SMILES string of the molecule is COc1cc(I)c(OC)c2c1CC(NCc1cc(C)cc(Cl)c1)CC2. The van der Waals surface area contributed by atoms with Crippen molar-refractivity contribution < 1.29 is 9.47 Å². The van der Waals surface area contributed by atoms with Crippen molar-refractivity contribution in [3.63, 3.8) is 0 Å². The predicted molar refractivity (Wildman–Crippen MR) is 111 cm³/mol. The van der Waals surface area contributed by atoms with Crippen LogP contribution in [-0.4, -0.2) is 20.3 Å². The minimum atomic E-state index is 0.422. The number of halogens is 2. The summed E-state index contributed by atoms with van der Waals surface area (Å²) in [6.45, 7) is 2.90. The Bertz CT molecular complexity index is 759. The highest BCUT2D eigenvalue weighted by Gasteiger charge is 2.26. The Morgan fingerprint density at radius 1 is 1.16 bits per heavy atom. The van der Waals surface area contributed by atoms with Crippen LogP contribution in [0.1, 0.15) is 28.7 Å². The molecule has 1 aliphatic rings.